The molecule has 3 aromatic carbocycles. The fourth-order valence-corrected chi connectivity index (χ4v) is 5.99. The van der Waals surface area contributed by atoms with Crippen molar-refractivity contribution in [3.63, 3.8) is 0 Å². The maximum atomic E-state index is 13.9. The third-order valence-corrected chi connectivity index (χ3v) is 7.97. The first kappa shape index (κ1) is 26.7. The van der Waals surface area contributed by atoms with Crippen molar-refractivity contribution in [3.8, 4) is 11.5 Å². The first-order valence-corrected chi connectivity index (χ1v) is 14.0. The number of nitrogens with one attached hydrogen (secondary N) is 2. The van der Waals surface area contributed by atoms with Crippen LogP contribution in [0.2, 0.25) is 0 Å². The predicted molar refractivity (Wildman–Crippen MR) is 160 cm³/mol. The lowest BCUT2D eigenvalue weighted by Crippen LogP contribution is -2.41. The third-order valence-electron chi connectivity index (χ3n) is 7.97. The molecule has 0 fully saturated rings. The second kappa shape index (κ2) is 10.5. The molecule has 8 nitrogen and oxygen atoms in total. The van der Waals surface area contributed by atoms with E-state index in [0.29, 0.717) is 24.5 Å². The summed E-state index contributed by atoms with van der Waals surface area (Å²) >= 11 is 0. The SMILES string of the molecule is CN(C)c1ccc(C2C3=C(CC(C)(C)CC3=O)Nc3ccccc3N2CC(=O)NCc2ccc3c(c2)OCO3)cc1. The highest BCUT2D eigenvalue weighted by Gasteiger charge is 2.41. The normalized spacial score (nSPS) is 18.7. The van der Waals surface area contributed by atoms with Gasteiger partial charge >= 0.3 is 0 Å². The van der Waals surface area contributed by atoms with E-state index in [-0.39, 0.29) is 30.4 Å². The van der Waals surface area contributed by atoms with E-state index in [0.717, 1.165) is 45.9 Å². The molecule has 0 radical (unpaired) electrons. The summed E-state index contributed by atoms with van der Waals surface area (Å²) in [6.45, 7) is 4.91. The van der Waals surface area contributed by atoms with Crippen LogP contribution in [0.15, 0.2) is 78.0 Å². The summed E-state index contributed by atoms with van der Waals surface area (Å²) in [5, 5.41) is 6.69. The summed E-state index contributed by atoms with van der Waals surface area (Å²) in [6, 6.07) is 21.5. The number of ketones is 1. The van der Waals surface area contributed by atoms with E-state index >= 15 is 0 Å². The van der Waals surface area contributed by atoms with Gasteiger partial charge in [0.2, 0.25) is 12.7 Å². The lowest BCUT2D eigenvalue weighted by Gasteiger charge is -2.38. The van der Waals surface area contributed by atoms with E-state index in [9.17, 15) is 9.59 Å². The molecule has 0 saturated heterocycles. The Balaban J connectivity index is 1.37. The molecule has 1 atom stereocenters. The number of amides is 1. The minimum atomic E-state index is -0.419. The van der Waals surface area contributed by atoms with Crippen LogP contribution in [0, 0.1) is 5.41 Å². The molecule has 0 saturated carbocycles. The minimum absolute atomic E-state index is 0.0802. The lowest BCUT2D eigenvalue weighted by atomic mass is 9.73. The van der Waals surface area contributed by atoms with E-state index in [2.05, 4.69) is 53.6 Å². The quantitative estimate of drug-likeness (QED) is 0.423. The fourth-order valence-electron chi connectivity index (χ4n) is 5.99. The highest BCUT2D eigenvalue weighted by molar-refractivity contribution is 6.02. The van der Waals surface area contributed by atoms with Gasteiger partial charge in [-0.15, -0.1) is 0 Å². The number of fused-ring (bicyclic) bond motifs is 2. The Morgan fingerprint density at radius 2 is 1.78 bits per heavy atom. The second-order valence-electron chi connectivity index (χ2n) is 12.0. The van der Waals surface area contributed by atoms with Crippen LogP contribution in [-0.4, -0.2) is 39.1 Å². The molecule has 8 heteroatoms. The van der Waals surface area contributed by atoms with Crippen molar-refractivity contribution in [2.75, 3.05) is 42.5 Å². The Labute approximate surface area is 240 Å². The van der Waals surface area contributed by atoms with Crippen LogP contribution in [0.25, 0.3) is 0 Å². The topological polar surface area (TPSA) is 83.1 Å². The number of carbonyl (C=O) groups is 2. The van der Waals surface area contributed by atoms with Crippen molar-refractivity contribution in [2.45, 2.75) is 39.3 Å². The number of carbonyl (C=O) groups excluding carboxylic acids is 2. The highest BCUT2D eigenvalue weighted by Crippen LogP contribution is 2.48. The largest absolute Gasteiger partial charge is 0.454 e. The molecular formula is C33H36N4O4. The highest BCUT2D eigenvalue weighted by atomic mass is 16.7. The molecule has 0 aromatic heterocycles. The number of benzene rings is 3. The molecule has 6 rings (SSSR count). The lowest BCUT2D eigenvalue weighted by molar-refractivity contribution is -0.120. The van der Waals surface area contributed by atoms with E-state index < -0.39 is 6.04 Å². The van der Waals surface area contributed by atoms with Crippen molar-refractivity contribution < 1.29 is 19.1 Å². The van der Waals surface area contributed by atoms with Crippen LogP contribution in [0.1, 0.15) is 43.9 Å². The zero-order valence-corrected chi connectivity index (χ0v) is 24.0. The van der Waals surface area contributed by atoms with Crippen molar-refractivity contribution in [1.82, 2.24) is 5.32 Å². The Hall–Kier alpha value is -4.46. The van der Waals surface area contributed by atoms with Gasteiger partial charge in [-0.05, 0) is 59.4 Å². The number of para-hydroxylation sites is 2. The first-order valence-electron chi connectivity index (χ1n) is 14.0. The average Bonchev–Trinajstić information content (AvgIpc) is 3.36. The average molecular weight is 553 g/mol. The molecule has 212 valence electrons. The molecule has 2 heterocycles. The van der Waals surface area contributed by atoms with Crippen LogP contribution in [0.3, 0.4) is 0 Å². The first-order chi connectivity index (χ1) is 19.7. The summed E-state index contributed by atoms with van der Waals surface area (Å²) in [4.78, 5) is 31.6. The van der Waals surface area contributed by atoms with Crippen LogP contribution in [0.4, 0.5) is 17.1 Å². The maximum absolute atomic E-state index is 13.9. The molecule has 1 aliphatic carbocycles. The molecule has 2 N–H and O–H groups in total. The number of rotatable bonds is 6. The van der Waals surface area contributed by atoms with E-state index in [1.54, 1.807) is 0 Å². The predicted octanol–water partition coefficient (Wildman–Crippen LogP) is 5.41. The van der Waals surface area contributed by atoms with Gasteiger partial charge in [-0.2, -0.15) is 0 Å². The van der Waals surface area contributed by atoms with Gasteiger partial charge in [-0.1, -0.05) is 44.2 Å². The number of Topliss-reactive ketones (excluding diaryl/α,β-unsaturated/α-hetero) is 1. The van der Waals surface area contributed by atoms with Gasteiger partial charge in [0.1, 0.15) is 0 Å². The van der Waals surface area contributed by atoms with Gasteiger partial charge in [0.15, 0.2) is 17.3 Å². The molecule has 2 aliphatic heterocycles. The molecule has 3 aromatic rings. The summed E-state index contributed by atoms with van der Waals surface area (Å²) in [5.74, 6) is 1.37. The maximum Gasteiger partial charge on any atom is 0.239 e. The van der Waals surface area contributed by atoms with Crippen LogP contribution < -0.4 is 29.9 Å². The van der Waals surface area contributed by atoms with Crippen molar-refractivity contribution in [1.29, 1.82) is 0 Å². The number of ether oxygens (including phenoxy) is 2. The van der Waals surface area contributed by atoms with Crippen LogP contribution >= 0.6 is 0 Å². The Morgan fingerprint density at radius 1 is 1.02 bits per heavy atom. The molecule has 41 heavy (non-hydrogen) atoms. The molecule has 0 spiro atoms. The van der Waals surface area contributed by atoms with Crippen molar-refractivity contribution >= 4 is 28.8 Å². The molecule has 1 amide bonds. The van der Waals surface area contributed by atoms with Crippen LogP contribution in [-0.2, 0) is 16.1 Å². The molecule has 3 aliphatic rings. The minimum Gasteiger partial charge on any atom is -0.454 e. The number of hydrogen-bond acceptors (Lipinski definition) is 7. The third kappa shape index (κ3) is 5.34. The smallest absolute Gasteiger partial charge is 0.239 e. The van der Waals surface area contributed by atoms with Crippen LogP contribution in [0.5, 0.6) is 11.5 Å². The standard InChI is InChI=1S/C33H36N4O4/c1-33(2)16-25-31(27(38)17-33)32(22-10-12-23(13-11-22)36(3)4)37(26-8-6-5-7-24(26)35-25)19-30(39)34-18-21-9-14-28-29(15-21)41-20-40-28/h5-15,32,35H,16-20H2,1-4H3,(H,34,39). The van der Waals surface area contributed by atoms with E-state index in [1.807, 2.05) is 61.5 Å². The zero-order chi connectivity index (χ0) is 28.7. The number of hydrogen-bond donors (Lipinski definition) is 2. The molecule has 0 bridgehead atoms. The van der Waals surface area contributed by atoms with Gasteiger partial charge in [0.25, 0.3) is 0 Å². The monoisotopic (exact) mass is 552 g/mol. The molecular weight excluding hydrogens is 516 g/mol. The summed E-state index contributed by atoms with van der Waals surface area (Å²) in [7, 11) is 4.01. The van der Waals surface area contributed by atoms with Gasteiger partial charge in [0.05, 0.1) is 24.0 Å². The van der Waals surface area contributed by atoms with Crippen molar-refractivity contribution in [2.24, 2.45) is 5.41 Å². The Bertz CT molecular complexity index is 1530. The number of nitrogens with zero attached hydrogens (tertiary/aromatic N) is 2. The van der Waals surface area contributed by atoms with Gasteiger partial charge < -0.3 is 29.9 Å². The van der Waals surface area contributed by atoms with Gasteiger partial charge in [0, 0.05) is 44.0 Å². The summed E-state index contributed by atoms with van der Waals surface area (Å²) < 4.78 is 10.9. The zero-order valence-electron chi connectivity index (χ0n) is 24.0. The number of anilines is 3. The Kier molecular flexibility index (Phi) is 6.85. The Morgan fingerprint density at radius 3 is 2.56 bits per heavy atom. The molecule has 1 unspecified atom stereocenters. The van der Waals surface area contributed by atoms with Crippen molar-refractivity contribution in [3.05, 3.63) is 89.1 Å². The fraction of sp³-hybridized carbons (Fsp3) is 0.333. The van der Waals surface area contributed by atoms with Gasteiger partial charge in [-0.3, -0.25) is 9.59 Å². The van der Waals surface area contributed by atoms with E-state index in [4.69, 9.17) is 9.47 Å². The second-order valence-corrected chi connectivity index (χ2v) is 12.0. The van der Waals surface area contributed by atoms with E-state index in [1.165, 1.54) is 0 Å². The van der Waals surface area contributed by atoms with Gasteiger partial charge in [-0.25, -0.2) is 0 Å². The summed E-state index contributed by atoms with van der Waals surface area (Å²) in [5.41, 5.74) is 6.25. The number of allylic oxidation sites excluding steroid dienone is 1. The summed E-state index contributed by atoms with van der Waals surface area (Å²) in [6.07, 6.45) is 1.21.